The fourth-order valence-electron chi connectivity index (χ4n) is 1.45. The molecule has 0 aliphatic carbocycles. The molecule has 2 aromatic rings. The van der Waals surface area contributed by atoms with Crippen LogP contribution in [-0.4, -0.2) is 37.7 Å². The van der Waals surface area contributed by atoms with E-state index in [0.29, 0.717) is 5.69 Å². The minimum Gasteiger partial charge on any atom is -0.376 e. The molecule has 0 radical (unpaired) electrons. The van der Waals surface area contributed by atoms with Gasteiger partial charge < -0.3 is 4.90 Å². The highest BCUT2D eigenvalue weighted by Crippen LogP contribution is 2.24. The molecule has 0 saturated heterocycles. The van der Waals surface area contributed by atoms with Crippen molar-refractivity contribution in [3.05, 3.63) is 30.7 Å². The summed E-state index contributed by atoms with van der Waals surface area (Å²) in [7, 11) is -0.0152. The highest BCUT2D eigenvalue weighted by atomic mass is 32.2. The molecule has 0 aliphatic heterocycles. The number of aromatic nitrogens is 3. The predicted molar refractivity (Wildman–Crippen MR) is 68.0 cm³/mol. The largest absolute Gasteiger partial charge is 0.376 e. The van der Waals surface area contributed by atoms with Crippen molar-refractivity contribution in [3.63, 3.8) is 0 Å². The molecule has 0 saturated carbocycles. The van der Waals surface area contributed by atoms with Gasteiger partial charge in [0.25, 0.3) is 10.0 Å². The van der Waals surface area contributed by atoms with Gasteiger partial charge in [0.15, 0.2) is 5.03 Å². The summed E-state index contributed by atoms with van der Waals surface area (Å²) in [6.45, 7) is 0. The molecule has 0 aromatic carbocycles. The monoisotopic (exact) mass is 267 g/mol. The molecule has 0 atom stereocenters. The molecule has 0 bridgehead atoms. The maximum atomic E-state index is 12.0. The van der Waals surface area contributed by atoms with Gasteiger partial charge in [0.1, 0.15) is 0 Å². The number of pyridine rings is 1. The summed E-state index contributed by atoms with van der Waals surface area (Å²) >= 11 is 0. The number of sulfonamides is 1. The first-order valence-corrected chi connectivity index (χ1v) is 6.62. The van der Waals surface area contributed by atoms with Crippen LogP contribution in [0.4, 0.5) is 11.4 Å². The summed E-state index contributed by atoms with van der Waals surface area (Å²) in [5.41, 5.74) is 1.14. The van der Waals surface area contributed by atoms with Crippen LogP contribution in [0.15, 0.2) is 35.7 Å². The van der Waals surface area contributed by atoms with Crippen molar-refractivity contribution in [1.29, 1.82) is 0 Å². The molecule has 2 N–H and O–H groups in total. The average Bonchev–Trinajstić information content (AvgIpc) is 2.83. The molecule has 0 aliphatic rings. The van der Waals surface area contributed by atoms with Crippen molar-refractivity contribution >= 4 is 21.4 Å². The Bertz CT molecular complexity index is 621. The van der Waals surface area contributed by atoms with Gasteiger partial charge in [0.2, 0.25) is 0 Å². The van der Waals surface area contributed by atoms with Crippen molar-refractivity contribution in [1.82, 2.24) is 15.2 Å². The lowest BCUT2D eigenvalue weighted by Crippen LogP contribution is -2.17. The predicted octanol–water partition coefficient (Wildman–Crippen LogP) is 0.671. The Hall–Kier alpha value is -2.09. The van der Waals surface area contributed by atoms with Gasteiger partial charge >= 0.3 is 0 Å². The summed E-state index contributed by atoms with van der Waals surface area (Å²) < 4.78 is 26.5. The zero-order valence-electron chi connectivity index (χ0n) is 9.95. The molecular weight excluding hydrogens is 254 g/mol. The second-order valence-electron chi connectivity index (χ2n) is 3.81. The van der Waals surface area contributed by atoms with Crippen LogP contribution in [0.1, 0.15) is 0 Å². The zero-order chi connectivity index (χ0) is 13.2. The smallest absolute Gasteiger partial charge is 0.278 e. The fourth-order valence-corrected chi connectivity index (χ4v) is 2.42. The normalized spacial score (nSPS) is 11.2. The molecule has 0 unspecified atom stereocenters. The second-order valence-corrected chi connectivity index (χ2v) is 5.46. The topological polar surface area (TPSA) is 91.0 Å². The molecule has 7 nitrogen and oxygen atoms in total. The van der Waals surface area contributed by atoms with Crippen molar-refractivity contribution in [2.75, 3.05) is 23.7 Å². The van der Waals surface area contributed by atoms with E-state index in [2.05, 4.69) is 19.9 Å². The Balaban J connectivity index is 2.36. The fraction of sp³-hybridized carbons (Fsp3) is 0.200. The van der Waals surface area contributed by atoms with E-state index in [9.17, 15) is 8.42 Å². The van der Waals surface area contributed by atoms with Crippen LogP contribution in [-0.2, 0) is 10.0 Å². The van der Waals surface area contributed by atoms with Gasteiger partial charge in [0, 0.05) is 20.3 Å². The van der Waals surface area contributed by atoms with Crippen LogP contribution in [0.5, 0.6) is 0 Å². The first-order valence-electron chi connectivity index (χ1n) is 5.14. The molecule has 2 rings (SSSR count). The van der Waals surface area contributed by atoms with Crippen molar-refractivity contribution in [3.8, 4) is 0 Å². The van der Waals surface area contributed by atoms with Gasteiger partial charge in [-0.25, -0.2) is 0 Å². The summed E-state index contributed by atoms with van der Waals surface area (Å²) in [6, 6.07) is 3.11. The Morgan fingerprint density at radius 2 is 2.06 bits per heavy atom. The lowest BCUT2D eigenvalue weighted by Gasteiger charge is -2.17. The lowest BCUT2D eigenvalue weighted by atomic mass is 10.3. The van der Waals surface area contributed by atoms with Crippen LogP contribution in [0.25, 0.3) is 0 Å². The maximum Gasteiger partial charge on any atom is 0.278 e. The van der Waals surface area contributed by atoms with E-state index in [1.54, 1.807) is 17.2 Å². The summed E-state index contributed by atoms with van der Waals surface area (Å²) in [5, 5.41) is 6.04. The average molecular weight is 267 g/mol. The summed E-state index contributed by atoms with van der Waals surface area (Å²) in [4.78, 5) is 5.71. The van der Waals surface area contributed by atoms with Gasteiger partial charge in [-0.15, -0.1) is 0 Å². The number of aromatic amines is 1. The quantitative estimate of drug-likeness (QED) is 0.849. The van der Waals surface area contributed by atoms with Crippen LogP contribution in [0.2, 0.25) is 0 Å². The number of nitrogens with one attached hydrogen (secondary N) is 2. The summed E-state index contributed by atoms with van der Waals surface area (Å²) in [6.07, 6.45) is 4.44. The molecule has 0 spiro atoms. The third-order valence-corrected chi connectivity index (χ3v) is 3.58. The third-order valence-electron chi connectivity index (χ3n) is 2.29. The second kappa shape index (κ2) is 4.65. The minimum absolute atomic E-state index is 0.0102. The Kier molecular flexibility index (Phi) is 3.19. The Morgan fingerprint density at radius 1 is 1.28 bits per heavy atom. The molecular formula is C10H13N5O2S. The third kappa shape index (κ3) is 2.43. The number of hydrogen-bond acceptors (Lipinski definition) is 5. The molecule has 0 fully saturated rings. The van der Waals surface area contributed by atoms with E-state index >= 15 is 0 Å². The van der Waals surface area contributed by atoms with Crippen molar-refractivity contribution in [2.24, 2.45) is 0 Å². The number of rotatable bonds is 4. The highest BCUT2D eigenvalue weighted by Gasteiger charge is 2.17. The number of hydrogen-bond donors (Lipinski definition) is 2. The first-order chi connectivity index (χ1) is 8.50. The van der Waals surface area contributed by atoms with E-state index in [4.69, 9.17) is 0 Å². The SMILES string of the molecule is CN(C)c1ccncc1NS(=O)(=O)c1ccn[nH]1. The van der Waals surface area contributed by atoms with E-state index in [-0.39, 0.29) is 5.03 Å². The first kappa shape index (κ1) is 12.4. The van der Waals surface area contributed by atoms with Crippen LogP contribution in [0.3, 0.4) is 0 Å². The molecule has 2 aromatic heterocycles. The lowest BCUT2D eigenvalue weighted by molar-refractivity contribution is 0.597. The molecule has 2 heterocycles. The number of H-pyrrole nitrogens is 1. The number of anilines is 2. The Labute approximate surface area is 105 Å². The Morgan fingerprint density at radius 3 is 2.67 bits per heavy atom. The van der Waals surface area contributed by atoms with Crippen LogP contribution >= 0.6 is 0 Å². The molecule has 18 heavy (non-hydrogen) atoms. The van der Waals surface area contributed by atoms with Gasteiger partial charge in [-0.1, -0.05) is 0 Å². The number of nitrogens with zero attached hydrogens (tertiary/aromatic N) is 3. The standard InChI is InChI=1S/C10H13N5O2S/c1-15(2)9-3-5-11-7-8(9)14-18(16,17)10-4-6-12-13-10/h3-7,14H,1-2H3,(H,12,13). The van der Waals surface area contributed by atoms with E-state index in [1.165, 1.54) is 18.5 Å². The van der Waals surface area contributed by atoms with E-state index in [0.717, 1.165) is 5.69 Å². The van der Waals surface area contributed by atoms with Crippen molar-refractivity contribution < 1.29 is 8.42 Å². The van der Waals surface area contributed by atoms with E-state index < -0.39 is 10.0 Å². The van der Waals surface area contributed by atoms with E-state index in [1.807, 2.05) is 14.1 Å². The van der Waals surface area contributed by atoms with Gasteiger partial charge in [-0.3, -0.25) is 14.8 Å². The van der Waals surface area contributed by atoms with Gasteiger partial charge in [-0.2, -0.15) is 13.5 Å². The summed E-state index contributed by atoms with van der Waals surface area (Å²) in [5.74, 6) is 0. The maximum absolute atomic E-state index is 12.0. The molecule has 0 amide bonds. The van der Waals surface area contributed by atoms with Crippen molar-refractivity contribution in [2.45, 2.75) is 5.03 Å². The molecule has 8 heteroatoms. The van der Waals surface area contributed by atoms with Crippen LogP contribution in [0, 0.1) is 0 Å². The van der Waals surface area contributed by atoms with Gasteiger partial charge in [0.05, 0.1) is 23.8 Å². The molecule has 96 valence electrons. The van der Waals surface area contributed by atoms with Gasteiger partial charge in [-0.05, 0) is 12.1 Å². The highest BCUT2D eigenvalue weighted by molar-refractivity contribution is 7.92. The zero-order valence-corrected chi connectivity index (χ0v) is 10.8. The van der Waals surface area contributed by atoms with Crippen LogP contribution < -0.4 is 9.62 Å². The minimum atomic E-state index is -3.66.